The van der Waals surface area contributed by atoms with Crippen LogP contribution in [0.15, 0.2) is 18.3 Å². The molecule has 0 radical (unpaired) electrons. The SMILES string of the molecule is O=[N+]([O-])c1cc(C(F)(F)F)c(Cl)c([N+](=O)[O-])c1Nc1cc(C(F)(F)F)c(Cl)cn1. The van der Waals surface area contributed by atoms with Crippen molar-refractivity contribution < 1.29 is 36.2 Å². The number of hydrogen-bond acceptors (Lipinski definition) is 6. The summed E-state index contributed by atoms with van der Waals surface area (Å²) in [6, 6.07) is 0.180. The van der Waals surface area contributed by atoms with Gasteiger partial charge >= 0.3 is 23.7 Å². The molecule has 0 unspecified atom stereocenters. The van der Waals surface area contributed by atoms with Crippen LogP contribution in [0.25, 0.3) is 0 Å². The fourth-order valence-corrected chi connectivity index (χ4v) is 2.66. The van der Waals surface area contributed by atoms with Crippen molar-refractivity contribution in [3.8, 4) is 0 Å². The first kappa shape index (κ1) is 22.4. The van der Waals surface area contributed by atoms with Crippen LogP contribution >= 0.6 is 23.2 Å². The molecule has 1 heterocycles. The third-order valence-electron chi connectivity index (χ3n) is 3.32. The van der Waals surface area contributed by atoms with Crippen molar-refractivity contribution in [2.45, 2.75) is 12.4 Å². The smallest absolute Gasteiger partial charge is 0.329 e. The number of anilines is 2. The van der Waals surface area contributed by atoms with E-state index in [1.807, 2.05) is 5.32 Å². The average molecular weight is 465 g/mol. The summed E-state index contributed by atoms with van der Waals surface area (Å²) in [5.41, 5.74) is -7.54. The molecule has 0 saturated heterocycles. The Balaban J connectivity index is 2.78. The number of nitro groups is 2. The third-order valence-corrected chi connectivity index (χ3v) is 4.00. The van der Waals surface area contributed by atoms with Gasteiger partial charge in [0.25, 0.3) is 0 Å². The molecule has 29 heavy (non-hydrogen) atoms. The van der Waals surface area contributed by atoms with Crippen molar-refractivity contribution in [1.29, 1.82) is 0 Å². The highest BCUT2D eigenvalue weighted by Gasteiger charge is 2.42. The van der Waals surface area contributed by atoms with E-state index in [1.165, 1.54) is 0 Å². The van der Waals surface area contributed by atoms with E-state index in [1.54, 1.807) is 0 Å². The first-order valence-electron chi connectivity index (χ1n) is 6.86. The molecule has 1 N–H and O–H groups in total. The van der Waals surface area contributed by atoms with Crippen LogP contribution in [-0.4, -0.2) is 14.8 Å². The van der Waals surface area contributed by atoms with Gasteiger partial charge in [-0.1, -0.05) is 23.2 Å². The summed E-state index contributed by atoms with van der Waals surface area (Å²) in [5, 5.41) is 21.9. The number of pyridine rings is 1. The predicted octanol–water partition coefficient (Wildman–Crippen LogP) is 5.99. The van der Waals surface area contributed by atoms with Gasteiger partial charge in [-0.3, -0.25) is 20.2 Å². The molecule has 2 aromatic rings. The quantitative estimate of drug-likeness (QED) is 0.338. The van der Waals surface area contributed by atoms with E-state index in [0.29, 0.717) is 6.20 Å². The first-order chi connectivity index (χ1) is 13.1. The fourth-order valence-electron chi connectivity index (χ4n) is 2.13. The number of rotatable bonds is 4. The largest absolute Gasteiger partial charge is 0.418 e. The minimum atomic E-state index is -5.28. The molecule has 156 valence electrons. The Kier molecular flexibility index (Phi) is 5.81. The molecule has 16 heteroatoms. The number of alkyl halides is 6. The monoisotopic (exact) mass is 464 g/mol. The van der Waals surface area contributed by atoms with E-state index in [-0.39, 0.29) is 12.1 Å². The highest BCUT2D eigenvalue weighted by molar-refractivity contribution is 6.34. The van der Waals surface area contributed by atoms with Crippen molar-refractivity contribution in [1.82, 2.24) is 4.98 Å². The standard InChI is InChI=1S/C13H4Cl2F6N4O4/c14-6-3-22-8(2-4(6)12(16,17)18)23-10-7(24(26)27)1-5(13(19,20)21)9(15)11(10)25(28)29/h1-3H,(H,22,23). The van der Waals surface area contributed by atoms with Crippen LogP contribution in [0, 0.1) is 20.2 Å². The van der Waals surface area contributed by atoms with E-state index in [4.69, 9.17) is 23.2 Å². The zero-order valence-corrected chi connectivity index (χ0v) is 14.7. The second-order valence-corrected chi connectivity index (χ2v) is 5.95. The van der Waals surface area contributed by atoms with E-state index in [2.05, 4.69) is 4.98 Å². The molecule has 0 saturated carbocycles. The van der Waals surface area contributed by atoms with Crippen molar-refractivity contribution in [3.63, 3.8) is 0 Å². The summed E-state index contributed by atoms with van der Waals surface area (Å²) in [6.45, 7) is 0. The summed E-state index contributed by atoms with van der Waals surface area (Å²) < 4.78 is 77.8. The summed E-state index contributed by atoms with van der Waals surface area (Å²) in [4.78, 5) is 22.9. The lowest BCUT2D eigenvalue weighted by molar-refractivity contribution is -0.392. The number of hydrogen-bond donors (Lipinski definition) is 1. The van der Waals surface area contributed by atoms with Crippen LogP contribution in [0.3, 0.4) is 0 Å². The van der Waals surface area contributed by atoms with Gasteiger partial charge in [-0.2, -0.15) is 26.3 Å². The molecule has 1 aromatic carbocycles. The molecule has 0 amide bonds. The first-order valence-corrected chi connectivity index (χ1v) is 7.62. The second-order valence-electron chi connectivity index (χ2n) is 5.16. The molecule has 1 aromatic heterocycles. The summed E-state index contributed by atoms with van der Waals surface area (Å²) in [5.74, 6) is -0.816. The molecule has 0 atom stereocenters. The maximum absolute atomic E-state index is 13.0. The van der Waals surface area contributed by atoms with Gasteiger partial charge in [-0.15, -0.1) is 0 Å². The minimum absolute atomic E-state index is 0.0851. The molecule has 0 aliphatic carbocycles. The van der Waals surface area contributed by atoms with Gasteiger partial charge in [0, 0.05) is 12.3 Å². The van der Waals surface area contributed by atoms with E-state index in [9.17, 15) is 46.6 Å². The van der Waals surface area contributed by atoms with Crippen molar-refractivity contribution in [2.24, 2.45) is 0 Å². The molecule has 0 fully saturated rings. The number of aromatic nitrogens is 1. The number of halogens is 8. The summed E-state index contributed by atoms with van der Waals surface area (Å²) in [7, 11) is 0. The number of nitro benzene ring substituents is 2. The highest BCUT2D eigenvalue weighted by atomic mass is 35.5. The van der Waals surface area contributed by atoms with Gasteiger partial charge in [0.05, 0.1) is 26.0 Å². The van der Waals surface area contributed by atoms with E-state index in [0.717, 1.165) is 0 Å². The Morgan fingerprint density at radius 3 is 1.93 bits per heavy atom. The Bertz CT molecular complexity index is 1010. The maximum atomic E-state index is 13.0. The van der Waals surface area contributed by atoms with Crippen LogP contribution in [0.5, 0.6) is 0 Å². The molecular formula is C13H4Cl2F6N4O4. The molecule has 0 bridgehead atoms. The van der Waals surface area contributed by atoms with Crippen LogP contribution in [0.2, 0.25) is 10.0 Å². The molecule has 8 nitrogen and oxygen atoms in total. The summed E-state index contributed by atoms with van der Waals surface area (Å²) >= 11 is 10.8. The minimum Gasteiger partial charge on any atom is -0.329 e. The number of nitrogens with one attached hydrogen (secondary N) is 1. The average Bonchev–Trinajstić information content (AvgIpc) is 2.53. The van der Waals surface area contributed by atoms with Crippen LogP contribution < -0.4 is 5.32 Å². The summed E-state index contributed by atoms with van der Waals surface area (Å²) in [6.07, 6.45) is -9.77. The Hall–Kier alpha value is -2.87. The number of benzene rings is 1. The lowest BCUT2D eigenvalue weighted by Crippen LogP contribution is -2.12. The van der Waals surface area contributed by atoms with E-state index >= 15 is 0 Å². The zero-order chi connectivity index (χ0) is 22.3. The lowest BCUT2D eigenvalue weighted by Gasteiger charge is -2.14. The van der Waals surface area contributed by atoms with Gasteiger partial charge in [0.1, 0.15) is 10.8 Å². The molecule has 0 aliphatic heterocycles. The zero-order valence-electron chi connectivity index (χ0n) is 13.2. The normalized spacial score (nSPS) is 12.0. The Labute approximate surface area is 165 Å². The second kappa shape index (κ2) is 7.51. The lowest BCUT2D eigenvalue weighted by atomic mass is 10.1. The van der Waals surface area contributed by atoms with E-state index < -0.39 is 66.3 Å². The van der Waals surface area contributed by atoms with Gasteiger partial charge in [0.15, 0.2) is 5.69 Å². The van der Waals surface area contributed by atoms with Gasteiger partial charge in [0.2, 0.25) is 0 Å². The highest BCUT2D eigenvalue weighted by Crippen LogP contribution is 2.48. The van der Waals surface area contributed by atoms with Gasteiger partial charge < -0.3 is 5.32 Å². The van der Waals surface area contributed by atoms with Crippen molar-refractivity contribution in [3.05, 3.63) is 59.7 Å². The van der Waals surface area contributed by atoms with Gasteiger partial charge in [-0.25, -0.2) is 4.98 Å². The van der Waals surface area contributed by atoms with Gasteiger partial charge in [-0.05, 0) is 6.07 Å². The topological polar surface area (TPSA) is 111 Å². The third kappa shape index (κ3) is 4.59. The molecule has 2 rings (SSSR count). The van der Waals surface area contributed by atoms with Crippen LogP contribution in [0.4, 0.5) is 49.2 Å². The van der Waals surface area contributed by atoms with Crippen LogP contribution in [-0.2, 0) is 12.4 Å². The predicted molar refractivity (Wildman–Crippen MR) is 87.3 cm³/mol. The molecule has 0 spiro atoms. The molecular weight excluding hydrogens is 461 g/mol. The van der Waals surface area contributed by atoms with Crippen LogP contribution in [0.1, 0.15) is 11.1 Å². The molecule has 0 aliphatic rings. The number of nitrogens with zero attached hydrogens (tertiary/aromatic N) is 3. The maximum Gasteiger partial charge on any atom is 0.418 e. The van der Waals surface area contributed by atoms with Crippen molar-refractivity contribution in [2.75, 3.05) is 5.32 Å². The van der Waals surface area contributed by atoms with Crippen molar-refractivity contribution >= 4 is 46.1 Å². The fraction of sp³-hybridized carbons (Fsp3) is 0.154. The Morgan fingerprint density at radius 1 is 0.931 bits per heavy atom. The Morgan fingerprint density at radius 2 is 1.48 bits per heavy atom.